The monoisotopic (exact) mass is 781 g/mol. The van der Waals surface area contributed by atoms with Crippen LogP contribution in [0.4, 0.5) is 15.4 Å². The Hall–Kier alpha value is -3.29. The molecule has 1 spiro atoms. The second-order valence-electron chi connectivity index (χ2n) is 19.2. The van der Waals surface area contributed by atoms with E-state index in [9.17, 15) is 9.59 Å². The predicted molar refractivity (Wildman–Crippen MR) is 215 cm³/mol. The first-order chi connectivity index (χ1) is 25.3. The van der Waals surface area contributed by atoms with Gasteiger partial charge in [0.2, 0.25) is 0 Å². The largest absolute Gasteiger partial charge is 0.450 e. The zero-order chi connectivity index (χ0) is 39.0. The van der Waals surface area contributed by atoms with Gasteiger partial charge in [-0.3, -0.25) is 4.68 Å². The molecular formula is C40H60ClN7O5Si. The standard InChI is InChI=1S/C40H60ClN7O5Si/c1-26-19-30-29(22-42-48(30)31-13-11-12-16-51-31)33(34(26)41)32-27(2)47(28-20-40(21-28)24-45(25-40)37(50)53-38(3,4)5)43-35(32)46-15-14-44(23-39(46,6)7)36(49)52-17-18-54(8,9)10/h19,22,28,31H,11-18,20-21,23-25H2,1-10H3. The Morgan fingerprint density at radius 3 is 2.35 bits per heavy atom. The molecule has 3 saturated heterocycles. The second-order valence-corrected chi connectivity index (χ2v) is 25.2. The van der Waals surface area contributed by atoms with Gasteiger partial charge in [-0.25, -0.2) is 14.3 Å². The molecule has 296 valence electrons. The second kappa shape index (κ2) is 14.0. The molecule has 1 aliphatic carbocycles. The van der Waals surface area contributed by atoms with Crippen molar-refractivity contribution in [2.45, 2.75) is 130 Å². The molecule has 7 rings (SSSR count). The fraction of sp³-hybridized carbons (Fsp3) is 0.700. The van der Waals surface area contributed by atoms with Crippen molar-refractivity contribution in [3.05, 3.63) is 28.5 Å². The number of aromatic nitrogens is 4. The number of hydrogen-bond acceptors (Lipinski definition) is 8. The number of carbonyl (C=O) groups is 2. The van der Waals surface area contributed by atoms with Crippen molar-refractivity contribution in [1.29, 1.82) is 0 Å². The summed E-state index contributed by atoms with van der Waals surface area (Å²) in [7, 11) is -1.33. The first kappa shape index (κ1) is 39.0. The normalized spacial score (nSPS) is 21.7. The van der Waals surface area contributed by atoms with Crippen LogP contribution in [-0.2, 0) is 14.2 Å². The highest BCUT2D eigenvalue weighted by Gasteiger charge is 2.56. The molecule has 2 amide bonds. The Morgan fingerprint density at radius 1 is 1.00 bits per heavy atom. The quantitative estimate of drug-likeness (QED) is 0.219. The summed E-state index contributed by atoms with van der Waals surface area (Å²) in [5.41, 5.74) is 4.07. The first-order valence-electron chi connectivity index (χ1n) is 19.8. The molecular weight excluding hydrogens is 722 g/mol. The number of amides is 2. The molecule has 0 N–H and O–H groups in total. The topological polar surface area (TPSA) is 107 Å². The molecule has 12 nitrogen and oxygen atoms in total. The van der Waals surface area contributed by atoms with Gasteiger partial charge in [0.15, 0.2) is 12.0 Å². The molecule has 2 aromatic heterocycles. The van der Waals surface area contributed by atoms with Crippen LogP contribution in [0.25, 0.3) is 22.0 Å². The van der Waals surface area contributed by atoms with Gasteiger partial charge in [-0.15, -0.1) is 0 Å². The lowest BCUT2D eigenvalue weighted by Gasteiger charge is -2.58. The summed E-state index contributed by atoms with van der Waals surface area (Å²) in [5.74, 6) is 0.865. The summed E-state index contributed by atoms with van der Waals surface area (Å²) in [4.78, 5) is 32.1. The minimum absolute atomic E-state index is 0.0798. The van der Waals surface area contributed by atoms with Gasteiger partial charge in [0, 0.05) is 75.0 Å². The molecule has 1 unspecified atom stereocenters. The molecule has 5 heterocycles. The first-order valence-corrected chi connectivity index (χ1v) is 23.9. The lowest BCUT2D eigenvalue weighted by atomic mass is 9.61. The van der Waals surface area contributed by atoms with Crippen molar-refractivity contribution in [3.8, 4) is 11.1 Å². The average Bonchev–Trinajstić information content (AvgIpc) is 3.59. The summed E-state index contributed by atoms with van der Waals surface area (Å²) in [5, 5.41) is 12.0. The lowest BCUT2D eigenvalue weighted by molar-refractivity contribution is -0.0930. The Bertz CT molecular complexity index is 1910. The molecule has 1 saturated carbocycles. The van der Waals surface area contributed by atoms with E-state index >= 15 is 0 Å². The number of rotatable bonds is 7. The molecule has 4 aliphatic rings. The fourth-order valence-corrected chi connectivity index (χ4v) is 9.82. The van der Waals surface area contributed by atoms with Crippen LogP contribution >= 0.6 is 11.6 Å². The summed E-state index contributed by atoms with van der Waals surface area (Å²) in [6, 6.07) is 3.25. The highest BCUT2D eigenvalue weighted by atomic mass is 35.5. The molecule has 54 heavy (non-hydrogen) atoms. The smallest absolute Gasteiger partial charge is 0.410 e. The van der Waals surface area contributed by atoms with Gasteiger partial charge in [0.25, 0.3) is 0 Å². The van der Waals surface area contributed by atoms with E-state index < -0.39 is 19.2 Å². The predicted octanol–water partition coefficient (Wildman–Crippen LogP) is 8.82. The van der Waals surface area contributed by atoms with E-state index in [4.69, 9.17) is 36.0 Å². The number of carbonyl (C=O) groups excluding carboxylic acids is 2. The fourth-order valence-electron chi connectivity index (χ4n) is 8.85. The summed E-state index contributed by atoms with van der Waals surface area (Å²) in [6.07, 6.45) is 6.29. The van der Waals surface area contributed by atoms with Crippen LogP contribution in [0.1, 0.15) is 90.2 Å². The molecule has 1 aromatic carbocycles. The SMILES string of the molecule is Cc1cc2c(cnn2C2CCCCO2)c(-c2c(N3CCN(C(=O)OCC[Si](C)(C)C)CC3(C)C)nn(C3CC4(C3)CN(C(=O)OC(C)(C)C)C4)c2C)c1Cl. The number of benzene rings is 1. The van der Waals surface area contributed by atoms with Crippen LogP contribution in [0.2, 0.25) is 30.7 Å². The maximum atomic E-state index is 13.3. The van der Waals surface area contributed by atoms with E-state index in [1.165, 1.54) is 0 Å². The van der Waals surface area contributed by atoms with Gasteiger partial charge in [-0.1, -0.05) is 31.2 Å². The maximum Gasteiger partial charge on any atom is 0.410 e. The molecule has 14 heteroatoms. The number of hydrogen-bond donors (Lipinski definition) is 0. The van der Waals surface area contributed by atoms with Gasteiger partial charge in [0.1, 0.15) is 5.60 Å². The number of anilines is 1. The van der Waals surface area contributed by atoms with Crippen LogP contribution < -0.4 is 4.90 Å². The summed E-state index contributed by atoms with van der Waals surface area (Å²) >= 11 is 7.37. The van der Waals surface area contributed by atoms with Crippen LogP contribution in [0, 0.1) is 19.3 Å². The van der Waals surface area contributed by atoms with Crippen molar-refractivity contribution in [1.82, 2.24) is 29.4 Å². The Kier molecular flexibility index (Phi) is 10.1. The van der Waals surface area contributed by atoms with E-state index in [1.54, 1.807) is 0 Å². The Balaban J connectivity index is 1.22. The van der Waals surface area contributed by atoms with E-state index in [2.05, 4.69) is 63.0 Å². The zero-order valence-electron chi connectivity index (χ0n) is 34.1. The minimum Gasteiger partial charge on any atom is -0.450 e. The zero-order valence-corrected chi connectivity index (χ0v) is 35.8. The van der Waals surface area contributed by atoms with Crippen LogP contribution in [0.5, 0.6) is 0 Å². The number of fused-ring (bicyclic) bond motifs is 1. The molecule has 0 bridgehead atoms. The molecule has 3 aromatic rings. The lowest BCUT2D eigenvalue weighted by Crippen LogP contribution is -2.64. The number of piperazine rings is 1. The molecule has 3 aliphatic heterocycles. The van der Waals surface area contributed by atoms with E-state index in [0.717, 1.165) is 83.9 Å². The van der Waals surface area contributed by atoms with E-state index in [0.29, 0.717) is 44.4 Å². The van der Waals surface area contributed by atoms with Crippen LogP contribution in [0.15, 0.2) is 12.3 Å². The highest BCUT2D eigenvalue weighted by Crippen LogP contribution is 2.56. The number of aryl methyl sites for hydroxylation is 1. The average molecular weight is 783 g/mol. The van der Waals surface area contributed by atoms with Gasteiger partial charge in [0.05, 0.1) is 34.9 Å². The van der Waals surface area contributed by atoms with Crippen molar-refractivity contribution in [2.75, 3.05) is 50.8 Å². The van der Waals surface area contributed by atoms with Crippen molar-refractivity contribution in [3.63, 3.8) is 0 Å². The minimum atomic E-state index is -1.33. The van der Waals surface area contributed by atoms with Gasteiger partial charge in [-0.2, -0.15) is 10.2 Å². The number of likely N-dealkylation sites (tertiary alicyclic amines) is 1. The van der Waals surface area contributed by atoms with Gasteiger partial charge in [-0.05, 0) is 98.2 Å². The third kappa shape index (κ3) is 7.48. The molecule has 1 atom stereocenters. The van der Waals surface area contributed by atoms with Crippen LogP contribution in [0.3, 0.4) is 0 Å². The number of halogens is 1. The van der Waals surface area contributed by atoms with E-state index in [-0.39, 0.29) is 29.9 Å². The molecule has 0 radical (unpaired) electrons. The van der Waals surface area contributed by atoms with Crippen LogP contribution in [-0.4, -0.2) is 107 Å². The third-order valence-electron chi connectivity index (χ3n) is 11.7. The molecule has 4 fully saturated rings. The van der Waals surface area contributed by atoms with Gasteiger partial charge < -0.3 is 28.9 Å². The van der Waals surface area contributed by atoms with E-state index in [1.807, 2.05) is 41.4 Å². The highest BCUT2D eigenvalue weighted by molar-refractivity contribution is 6.76. The van der Waals surface area contributed by atoms with Crippen molar-refractivity contribution < 1.29 is 23.8 Å². The summed E-state index contributed by atoms with van der Waals surface area (Å²) in [6.45, 7) is 25.4. The van der Waals surface area contributed by atoms with Gasteiger partial charge >= 0.3 is 12.2 Å². The van der Waals surface area contributed by atoms with Crippen molar-refractivity contribution in [2.24, 2.45) is 5.41 Å². The number of ether oxygens (including phenoxy) is 3. The summed E-state index contributed by atoms with van der Waals surface area (Å²) < 4.78 is 21.9. The van der Waals surface area contributed by atoms with Crippen molar-refractivity contribution >= 4 is 48.6 Å². The maximum absolute atomic E-state index is 13.3. The number of nitrogens with zero attached hydrogens (tertiary/aromatic N) is 7. The third-order valence-corrected chi connectivity index (χ3v) is 13.9. The Morgan fingerprint density at radius 2 is 1.72 bits per heavy atom. The Labute approximate surface area is 326 Å².